The predicted molar refractivity (Wildman–Crippen MR) is 92.0 cm³/mol. The molecule has 1 aromatic heterocycles. The molecule has 0 aliphatic carbocycles. The van der Waals surface area contributed by atoms with Crippen LogP contribution in [0.15, 0.2) is 24.3 Å². The zero-order valence-electron chi connectivity index (χ0n) is 13.3. The number of carbonyl (C=O) groups is 1. The van der Waals surface area contributed by atoms with Crippen LogP contribution in [0.5, 0.6) is 0 Å². The van der Waals surface area contributed by atoms with Gasteiger partial charge >= 0.3 is 0 Å². The van der Waals surface area contributed by atoms with Crippen molar-refractivity contribution in [3.8, 4) is 0 Å². The van der Waals surface area contributed by atoms with E-state index in [0.717, 1.165) is 30.4 Å². The number of hydrogen-bond donors (Lipinski definition) is 2. The van der Waals surface area contributed by atoms with Gasteiger partial charge in [0.05, 0.1) is 11.1 Å². The van der Waals surface area contributed by atoms with Crippen LogP contribution in [0, 0.1) is 0 Å². The van der Waals surface area contributed by atoms with Crippen LogP contribution in [0.3, 0.4) is 0 Å². The van der Waals surface area contributed by atoms with Gasteiger partial charge in [0, 0.05) is 43.6 Å². The number of aromatic nitrogens is 1. The number of nitrogens with one attached hydrogen (secondary N) is 1. The summed E-state index contributed by atoms with van der Waals surface area (Å²) < 4.78 is 0. The van der Waals surface area contributed by atoms with Crippen molar-refractivity contribution < 1.29 is 9.90 Å². The van der Waals surface area contributed by atoms with Gasteiger partial charge in [-0.05, 0) is 12.5 Å². The number of benzene rings is 1. The van der Waals surface area contributed by atoms with E-state index < -0.39 is 0 Å². The highest BCUT2D eigenvalue weighted by Gasteiger charge is 2.26. The summed E-state index contributed by atoms with van der Waals surface area (Å²) in [6.07, 6.45) is 0.462. The molecule has 1 aromatic carbocycles. The molecule has 1 aliphatic rings. The molecule has 0 radical (unpaired) electrons. The Kier molecular flexibility index (Phi) is 4.90. The van der Waals surface area contributed by atoms with Crippen LogP contribution in [0.25, 0.3) is 10.9 Å². The molecule has 1 aliphatic heterocycles. The second kappa shape index (κ2) is 6.91. The zero-order valence-corrected chi connectivity index (χ0v) is 14.0. The van der Waals surface area contributed by atoms with Gasteiger partial charge < -0.3 is 15.0 Å². The SMILES string of the molecule is CCC(O)CN1CCN(C(=O)c2[nH]c3ccccc3c2Cl)CC1. The second-order valence-corrected chi connectivity index (χ2v) is 6.39. The average molecular weight is 336 g/mol. The van der Waals surface area contributed by atoms with Crippen LogP contribution in [0.2, 0.25) is 5.02 Å². The molecule has 1 amide bonds. The third kappa shape index (κ3) is 3.37. The van der Waals surface area contributed by atoms with Gasteiger partial charge in [-0.1, -0.05) is 36.7 Å². The summed E-state index contributed by atoms with van der Waals surface area (Å²) in [5.41, 5.74) is 1.35. The van der Waals surface area contributed by atoms with E-state index >= 15 is 0 Å². The molecule has 2 N–H and O–H groups in total. The molecule has 2 aromatic rings. The van der Waals surface area contributed by atoms with Crippen molar-refractivity contribution in [1.29, 1.82) is 0 Å². The first-order chi connectivity index (χ1) is 11.1. The molecule has 0 spiro atoms. The highest BCUT2D eigenvalue weighted by atomic mass is 35.5. The molecule has 23 heavy (non-hydrogen) atoms. The fraction of sp³-hybridized carbons (Fsp3) is 0.471. The number of carbonyl (C=O) groups excluding carboxylic acids is 1. The van der Waals surface area contributed by atoms with Crippen molar-refractivity contribution in [2.75, 3.05) is 32.7 Å². The number of aliphatic hydroxyl groups is 1. The third-order valence-electron chi connectivity index (χ3n) is 4.46. The zero-order chi connectivity index (χ0) is 16.4. The average Bonchev–Trinajstić information content (AvgIpc) is 2.92. The van der Waals surface area contributed by atoms with E-state index in [2.05, 4.69) is 9.88 Å². The van der Waals surface area contributed by atoms with Crippen LogP contribution < -0.4 is 0 Å². The minimum absolute atomic E-state index is 0.0538. The Hall–Kier alpha value is -1.56. The molecule has 2 heterocycles. The second-order valence-electron chi connectivity index (χ2n) is 6.01. The lowest BCUT2D eigenvalue weighted by Gasteiger charge is -2.35. The molecule has 1 unspecified atom stereocenters. The van der Waals surface area contributed by atoms with E-state index in [1.807, 2.05) is 36.1 Å². The third-order valence-corrected chi connectivity index (χ3v) is 4.85. The number of halogens is 1. The Morgan fingerprint density at radius 2 is 2.00 bits per heavy atom. The summed E-state index contributed by atoms with van der Waals surface area (Å²) in [4.78, 5) is 19.9. The number of aromatic amines is 1. The van der Waals surface area contributed by atoms with Crippen molar-refractivity contribution >= 4 is 28.4 Å². The predicted octanol–water partition coefficient (Wildman–Crippen LogP) is 2.35. The van der Waals surface area contributed by atoms with Crippen LogP contribution in [-0.2, 0) is 0 Å². The van der Waals surface area contributed by atoms with Crippen LogP contribution >= 0.6 is 11.6 Å². The van der Waals surface area contributed by atoms with E-state index in [-0.39, 0.29) is 12.0 Å². The van der Waals surface area contributed by atoms with E-state index in [9.17, 15) is 9.90 Å². The number of piperazine rings is 1. The Labute approximate surface area is 140 Å². The van der Waals surface area contributed by atoms with E-state index in [4.69, 9.17) is 11.6 Å². The minimum atomic E-state index is -0.291. The number of fused-ring (bicyclic) bond motifs is 1. The molecule has 3 rings (SSSR count). The summed E-state index contributed by atoms with van der Waals surface area (Å²) in [5, 5.41) is 11.1. The molecule has 0 bridgehead atoms. The number of para-hydroxylation sites is 1. The Morgan fingerprint density at radius 1 is 1.30 bits per heavy atom. The molecule has 6 heteroatoms. The molecule has 1 atom stereocenters. The monoisotopic (exact) mass is 335 g/mol. The van der Waals surface area contributed by atoms with Crippen molar-refractivity contribution in [2.24, 2.45) is 0 Å². The van der Waals surface area contributed by atoms with Crippen molar-refractivity contribution in [3.05, 3.63) is 35.0 Å². The van der Waals surface area contributed by atoms with E-state index in [1.54, 1.807) is 0 Å². The van der Waals surface area contributed by atoms with Gasteiger partial charge in [-0.25, -0.2) is 0 Å². The lowest BCUT2D eigenvalue weighted by molar-refractivity contribution is 0.0520. The number of nitrogens with zero attached hydrogens (tertiary/aromatic N) is 2. The molecular formula is C17H22ClN3O2. The van der Waals surface area contributed by atoms with Crippen molar-refractivity contribution in [2.45, 2.75) is 19.4 Å². The minimum Gasteiger partial charge on any atom is -0.392 e. The maximum atomic E-state index is 12.7. The summed E-state index contributed by atoms with van der Waals surface area (Å²) in [5.74, 6) is -0.0538. The normalized spacial score (nSPS) is 17.6. The topological polar surface area (TPSA) is 59.6 Å². The highest BCUT2D eigenvalue weighted by Crippen LogP contribution is 2.28. The lowest BCUT2D eigenvalue weighted by atomic mass is 10.2. The van der Waals surface area contributed by atoms with Gasteiger partial charge in [-0.2, -0.15) is 0 Å². The Bertz CT molecular complexity index is 692. The fourth-order valence-corrected chi connectivity index (χ4v) is 3.27. The fourth-order valence-electron chi connectivity index (χ4n) is 2.97. The van der Waals surface area contributed by atoms with Gasteiger partial charge in [0.1, 0.15) is 5.69 Å². The highest BCUT2D eigenvalue weighted by molar-refractivity contribution is 6.38. The summed E-state index contributed by atoms with van der Waals surface area (Å²) in [6.45, 7) is 5.51. The van der Waals surface area contributed by atoms with Crippen LogP contribution in [-0.4, -0.2) is 64.6 Å². The first-order valence-corrected chi connectivity index (χ1v) is 8.43. The molecule has 124 valence electrons. The van der Waals surface area contributed by atoms with Gasteiger partial charge in [-0.3, -0.25) is 9.69 Å². The summed E-state index contributed by atoms with van der Waals surface area (Å²) in [6, 6.07) is 7.66. The largest absolute Gasteiger partial charge is 0.392 e. The Balaban J connectivity index is 1.68. The summed E-state index contributed by atoms with van der Waals surface area (Å²) in [7, 11) is 0. The standard InChI is InChI=1S/C17H22ClN3O2/c1-2-12(22)11-20-7-9-21(10-8-20)17(23)16-15(18)13-5-3-4-6-14(13)19-16/h3-6,12,19,22H,2,7-11H2,1H3. The molecule has 1 saturated heterocycles. The number of β-amino-alcohol motifs (C(OH)–C–C–N with tert-alkyl or cyclic N) is 1. The van der Waals surface area contributed by atoms with Gasteiger partial charge in [0.25, 0.3) is 5.91 Å². The maximum Gasteiger partial charge on any atom is 0.271 e. The Morgan fingerprint density at radius 3 is 2.65 bits per heavy atom. The molecule has 0 saturated carbocycles. The number of rotatable bonds is 4. The van der Waals surface area contributed by atoms with Crippen molar-refractivity contribution in [3.63, 3.8) is 0 Å². The van der Waals surface area contributed by atoms with Gasteiger partial charge in [0.15, 0.2) is 0 Å². The number of amides is 1. The first-order valence-electron chi connectivity index (χ1n) is 8.06. The molecular weight excluding hydrogens is 314 g/mol. The maximum absolute atomic E-state index is 12.7. The van der Waals surface area contributed by atoms with Crippen LogP contribution in [0.1, 0.15) is 23.8 Å². The van der Waals surface area contributed by atoms with Crippen LogP contribution in [0.4, 0.5) is 0 Å². The van der Waals surface area contributed by atoms with Gasteiger partial charge in [0.2, 0.25) is 0 Å². The number of aliphatic hydroxyl groups excluding tert-OH is 1. The van der Waals surface area contributed by atoms with E-state index in [1.165, 1.54) is 0 Å². The van der Waals surface area contributed by atoms with Crippen molar-refractivity contribution in [1.82, 2.24) is 14.8 Å². The lowest BCUT2D eigenvalue weighted by Crippen LogP contribution is -2.50. The smallest absolute Gasteiger partial charge is 0.271 e. The number of H-pyrrole nitrogens is 1. The summed E-state index contributed by atoms with van der Waals surface area (Å²) >= 11 is 6.37. The van der Waals surface area contributed by atoms with E-state index in [0.29, 0.717) is 30.4 Å². The molecule has 1 fully saturated rings. The number of hydrogen-bond acceptors (Lipinski definition) is 3. The quantitative estimate of drug-likeness (QED) is 0.901. The first kappa shape index (κ1) is 16.3. The van der Waals surface area contributed by atoms with Gasteiger partial charge in [-0.15, -0.1) is 0 Å². The molecule has 5 nitrogen and oxygen atoms in total.